The molecule has 0 atom stereocenters. The average molecular weight is 441 g/mol. The predicted octanol–water partition coefficient (Wildman–Crippen LogP) is 3.85. The van der Waals surface area contributed by atoms with Crippen LogP contribution >= 0.6 is 0 Å². The Morgan fingerprint density at radius 2 is 1.30 bits per heavy atom. The lowest BCUT2D eigenvalue weighted by atomic mass is 10.1. The number of benzene rings is 3. The molecule has 4 aromatic rings. The summed E-state index contributed by atoms with van der Waals surface area (Å²) in [7, 11) is 3.78. The number of amides is 2. The fourth-order valence-electron chi connectivity index (χ4n) is 3.10. The van der Waals surface area contributed by atoms with Gasteiger partial charge in [0, 0.05) is 42.0 Å². The predicted molar refractivity (Wildman–Crippen MR) is 126 cm³/mol. The summed E-state index contributed by atoms with van der Waals surface area (Å²) in [5.74, 6) is -0.0674. The van der Waals surface area contributed by atoms with Crippen LogP contribution in [0.3, 0.4) is 0 Å². The lowest BCUT2D eigenvalue weighted by molar-refractivity contribution is 0.0846. The van der Waals surface area contributed by atoms with Crippen molar-refractivity contribution in [3.05, 3.63) is 89.5 Å². The highest BCUT2D eigenvalue weighted by Gasteiger charge is 2.13. The Balaban J connectivity index is 1.39. The molecule has 1 heterocycles. The van der Waals surface area contributed by atoms with Gasteiger partial charge >= 0.3 is 0 Å². The molecule has 2 N–H and O–H groups in total. The van der Waals surface area contributed by atoms with E-state index in [1.165, 1.54) is 0 Å². The number of hydrogen-bond donors (Lipinski definition) is 2. The minimum atomic E-state index is -0.440. The molecule has 33 heavy (non-hydrogen) atoms. The van der Waals surface area contributed by atoms with E-state index in [0.29, 0.717) is 28.5 Å². The maximum Gasteiger partial charge on any atom is 0.269 e. The number of nitrogens with one attached hydrogen (secondary N) is 2. The van der Waals surface area contributed by atoms with E-state index in [1.807, 2.05) is 56.3 Å². The van der Waals surface area contributed by atoms with Gasteiger partial charge in [0.25, 0.3) is 11.8 Å². The monoisotopic (exact) mass is 441 g/mol. The van der Waals surface area contributed by atoms with Crippen LogP contribution in [0.1, 0.15) is 26.3 Å². The van der Waals surface area contributed by atoms with Gasteiger partial charge in [0.05, 0.1) is 0 Å². The number of carbonyl (C=O) groups excluding carboxylic acids is 2. The van der Waals surface area contributed by atoms with Crippen LogP contribution in [0.2, 0.25) is 0 Å². The minimum absolute atomic E-state index is 0.353. The van der Waals surface area contributed by atoms with Crippen molar-refractivity contribution in [2.45, 2.75) is 6.92 Å². The van der Waals surface area contributed by atoms with Gasteiger partial charge in [-0.05, 0) is 61.5 Å². The van der Waals surface area contributed by atoms with Crippen LogP contribution in [-0.4, -0.2) is 36.1 Å². The highest BCUT2D eigenvalue weighted by Crippen LogP contribution is 2.24. The average Bonchev–Trinajstić information content (AvgIpc) is 3.33. The van der Waals surface area contributed by atoms with Crippen molar-refractivity contribution in [2.75, 3.05) is 19.0 Å². The third kappa shape index (κ3) is 5.07. The zero-order valence-electron chi connectivity index (χ0n) is 18.5. The molecule has 0 aliphatic carbocycles. The normalized spacial score (nSPS) is 10.5. The zero-order valence-corrected chi connectivity index (χ0v) is 18.5. The molecule has 0 aliphatic heterocycles. The molecule has 0 radical (unpaired) electrons. The van der Waals surface area contributed by atoms with Crippen molar-refractivity contribution in [1.29, 1.82) is 0 Å². The summed E-state index contributed by atoms with van der Waals surface area (Å²) in [5.41, 5.74) is 9.23. The van der Waals surface area contributed by atoms with Crippen molar-refractivity contribution >= 4 is 17.5 Å². The number of carbonyl (C=O) groups is 2. The van der Waals surface area contributed by atoms with Gasteiger partial charge in [-0.25, -0.2) is 0 Å². The lowest BCUT2D eigenvalue weighted by Crippen LogP contribution is -2.41. The molecule has 0 aliphatic rings. The van der Waals surface area contributed by atoms with Crippen LogP contribution in [0, 0.1) is 6.92 Å². The third-order valence-electron chi connectivity index (χ3n) is 5.03. The molecule has 4 rings (SSSR count). The van der Waals surface area contributed by atoms with Crippen LogP contribution < -0.4 is 15.8 Å². The maximum atomic E-state index is 12.4. The van der Waals surface area contributed by atoms with Gasteiger partial charge in [0.2, 0.25) is 11.8 Å². The summed E-state index contributed by atoms with van der Waals surface area (Å²) < 4.78 is 5.77. The topological polar surface area (TPSA) is 100 Å². The highest BCUT2D eigenvalue weighted by molar-refractivity contribution is 5.99. The molecule has 8 nitrogen and oxygen atoms in total. The number of rotatable bonds is 5. The molecule has 0 saturated carbocycles. The van der Waals surface area contributed by atoms with Gasteiger partial charge in [-0.2, -0.15) is 0 Å². The van der Waals surface area contributed by atoms with Gasteiger partial charge in [-0.1, -0.05) is 23.8 Å². The number of aryl methyl sites for hydroxylation is 1. The Morgan fingerprint density at radius 1 is 0.758 bits per heavy atom. The summed E-state index contributed by atoms with van der Waals surface area (Å²) in [4.78, 5) is 26.7. The molecule has 0 unspecified atom stereocenters. The van der Waals surface area contributed by atoms with E-state index in [1.54, 1.807) is 42.5 Å². The number of hydrazine groups is 1. The first-order valence-electron chi connectivity index (χ1n) is 10.3. The first-order chi connectivity index (χ1) is 15.9. The molecule has 0 fully saturated rings. The molecule has 0 bridgehead atoms. The number of aromatic nitrogens is 2. The summed E-state index contributed by atoms with van der Waals surface area (Å²) in [5, 5.41) is 8.19. The molecule has 0 saturated heterocycles. The smallest absolute Gasteiger partial charge is 0.269 e. The van der Waals surface area contributed by atoms with Crippen LogP contribution in [-0.2, 0) is 0 Å². The van der Waals surface area contributed by atoms with E-state index in [2.05, 4.69) is 21.0 Å². The Hall–Kier alpha value is -4.46. The SMILES string of the molecule is Cc1ccc(-c2nnc(-c3ccc(C(=O)NNC(=O)c4cccc(N(C)C)c4)cc3)o2)cc1. The second-order valence-electron chi connectivity index (χ2n) is 7.71. The Bertz CT molecular complexity index is 1280. The molecule has 8 heteroatoms. The fourth-order valence-corrected chi connectivity index (χ4v) is 3.10. The molecule has 166 valence electrons. The van der Waals surface area contributed by atoms with E-state index in [4.69, 9.17) is 4.42 Å². The van der Waals surface area contributed by atoms with Crippen molar-refractivity contribution in [3.63, 3.8) is 0 Å². The second-order valence-corrected chi connectivity index (χ2v) is 7.71. The zero-order chi connectivity index (χ0) is 23.4. The van der Waals surface area contributed by atoms with E-state index in [0.717, 1.165) is 16.8 Å². The summed E-state index contributed by atoms with van der Waals surface area (Å²) in [6, 6.07) is 21.6. The Kier molecular flexibility index (Phi) is 6.17. The summed E-state index contributed by atoms with van der Waals surface area (Å²) in [6.07, 6.45) is 0. The van der Waals surface area contributed by atoms with Gasteiger partial charge in [0.1, 0.15) is 0 Å². The quantitative estimate of drug-likeness (QED) is 0.456. The van der Waals surface area contributed by atoms with Crippen molar-refractivity contribution in [3.8, 4) is 22.9 Å². The standard InChI is InChI=1S/C25H23N5O3/c1-16-7-9-18(10-8-16)24-28-29-25(33-24)19-13-11-17(12-14-19)22(31)26-27-23(32)20-5-4-6-21(15-20)30(2)3/h4-15H,1-3H3,(H,26,31)(H,27,32). The van der Waals surface area contributed by atoms with Crippen LogP contribution in [0.25, 0.3) is 22.9 Å². The van der Waals surface area contributed by atoms with E-state index in [9.17, 15) is 9.59 Å². The molecule has 2 amide bonds. The third-order valence-corrected chi connectivity index (χ3v) is 5.03. The molecular formula is C25H23N5O3. The first kappa shape index (κ1) is 21.8. The van der Waals surface area contributed by atoms with Crippen LogP contribution in [0.15, 0.2) is 77.2 Å². The van der Waals surface area contributed by atoms with Crippen molar-refractivity contribution < 1.29 is 14.0 Å². The fraction of sp³-hybridized carbons (Fsp3) is 0.120. The molecule has 1 aromatic heterocycles. The Morgan fingerprint density at radius 3 is 1.88 bits per heavy atom. The maximum absolute atomic E-state index is 12.4. The first-order valence-corrected chi connectivity index (χ1v) is 10.3. The number of hydrogen-bond acceptors (Lipinski definition) is 6. The van der Waals surface area contributed by atoms with Gasteiger partial charge < -0.3 is 9.32 Å². The summed E-state index contributed by atoms with van der Waals surface area (Å²) >= 11 is 0. The van der Waals surface area contributed by atoms with Crippen molar-refractivity contribution in [2.24, 2.45) is 0 Å². The Labute approximate surface area is 191 Å². The van der Waals surface area contributed by atoms with Gasteiger partial charge in [0.15, 0.2) is 0 Å². The largest absolute Gasteiger partial charge is 0.416 e. The van der Waals surface area contributed by atoms with Gasteiger partial charge in [-0.3, -0.25) is 20.4 Å². The molecular weight excluding hydrogens is 418 g/mol. The van der Waals surface area contributed by atoms with Crippen molar-refractivity contribution in [1.82, 2.24) is 21.0 Å². The highest BCUT2D eigenvalue weighted by atomic mass is 16.4. The van der Waals surface area contributed by atoms with E-state index < -0.39 is 11.8 Å². The second kappa shape index (κ2) is 9.35. The lowest BCUT2D eigenvalue weighted by Gasteiger charge is -2.13. The van der Waals surface area contributed by atoms with E-state index >= 15 is 0 Å². The number of anilines is 1. The van der Waals surface area contributed by atoms with Crippen LogP contribution in [0.5, 0.6) is 0 Å². The summed E-state index contributed by atoms with van der Waals surface area (Å²) in [6.45, 7) is 2.01. The minimum Gasteiger partial charge on any atom is -0.416 e. The molecule has 3 aromatic carbocycles. The van der Waals surface area contributed by atoms with Crippen LogP contribution in [0.4, 0.5) is 5.69 Å². The molecule has 0 spiro atoms. The number of nitrogens with zero attached hydrogens (tertiary/aromatic N) is 3. The van der Waals surface area contributed by atoms with E-state index in [-0.39, 0.29) is 0 Å². The van der Waals surface area contributed by atoms with Gasteiger partial charge in [-0.15, -0.1) is 10.2 Å².